The zero-order valence-electron chi connectivity index (χ0n) is 22.6. The normalized spacial score (nSPS) is 33.8. The number of rotatable bonds is 3. The highest BCUT2D eigenvalue weighted by Crippen LogP contribution is 2.65. The van der Waals surface area contributed by atoms with Gasteiger partial charge in [-0.2, -0.15) is 0 Å². The number of fused-ring (bicyclic) bond motifs is 3. The van der Waals surface area contributed by atoms with Crippen LogP contribution in [0.2, 0.25) is 0 Å². The molecule has 1 aromatic carbocycles. The average Bonchev–Trinajstić information content (AvgIpc) is 2.81. The van der Waals surface area contributed by atoms with Crippen LogP contribution in [0, 0.1) is 22.7 Å². The van der Waals surface area contributed by atoms with Crippen LogP contribution in [0.4, 0.5) is 0 Å². The van der Waals surface area contributed by atoms with Crippen LogP contribution < -0.4 is 0 Å². The molecule has 3 aliphatic carbocycles. The Bertz CT molecular complexity index is 1330. The molecule has 0 radical (unpaired) electrons. The van der Waals surface area contributed by atoms with E-state index in [1.807, 2.05) is 26.0 Å². The smallest absolute Gasteiger partial charge is 0.209 e. The minimum Gasteiger partial charge on any atom is -0.511 e. The molecule has 0 bridgehead atoms. The zero-order valence-corrected chi connectivity index (χ0v) is 22.6. The summed E-state index contributed by atoms with van der Waals surface area (Å²) in [5.74, 6) is -4.88. The highest BCUT2D eigenvalue weighted by Gasteiger charge is 2.71. The number of carbonyl (C=O) groups is 3. The van der Waals surface area contributed by atoms with E-state index in [0.717, 1.165) is 6.92 Å². The third-order valence-corrected chi connectivity index (χ3v) is 9.57. The summed E-state index contributed by atoms with van der Waals surface area (Å²) in [6.45, 7) is 9.31. The molecule has 4 aliphatic rings. The largest absolute Gasteiger partial charge is 0.511 e. The number of Topliss-reactive ketones (excluding diaryl/α,β-unsaturated/α-hetero) is 3. The third-order valence-electron chi connectivity index (χ3n) is 9.57. The molecule has 0 spiro atoms. The van der Waals surface area contributed by atoms with Gasteiger partial charge in [-0.25, -0.2) is 0 Å². The summed E-state index contributed by atoms with van der Waals surface area (Å²) in [6, 6.07) is 3.70. The Morgan fingerprint density at radius 2 is 1.71 bits per heavy atom. The van der Waals surface area contributed by atoms with Crippen molar-refractivity contribution >= 4 is 17.3 Å². The molecule has 0 aromatic heterocycles. The molecule has 0 saturated carbocycles. The number of aliphatic hydroxyl groups excluding tert-OH is 2. The van der Waals surface area contributed by atoms with Gasteiger partial charge in [-0.15, -0.1) is 0 Å². The molecule has 1 saturated heterocycles. The minimum absolute atomic E-state index is 0.0227. The van der Waals surface area contributed by atoms with E-state index in [2.05, 4.69) is 0 Å². The molecule has 8 heteroatoms. The Kier molecular flexibility index (Phi) is 5.97. The highest BCUT2D eigenvalue weighted by molar-refractivity contribution is 6.25. The maximum absolute atomic E-state index is 14.1. The summed E-state index contributed by atoms with van der Waals surface area (Å²) < 4.78 is 5.44. The SMILES string of the molecule is CC(=O)C1=C(O)C(C(C)C)[C@@]2(C)C[C@@]3(C)Cc4ccc(C5CCOCC5)c(O)c4C(=O)C3=C(O)[C@@]2(O)C1=O. The number of phenols is 1. The molecular formula is C30H36O8. The first-order valence-corrected chi connectivity index (χ1v) is 13.3. The summed E-state index contributed by atoms with van der Waals surface area (Å²) in [7, 11) is 0. The minimum atomic E-state index is -2.59. The van der Waals surface area contributed by atoms with Crippen molar-refractivity contribution in [2.45, 2.75) is 71.8 Å². The van der Waals surface area contributed by atoms with Crippen molar-refractivity contribution in [3.63, 3.8) is 0 Å². The topological polar surface area (TPSA) is 141 Å². The van der Waals surface area contributed by atoms with E-state index in [4.69, 9.17) is 4.74 Å². The molecule has 1 heterocycles. The number of aliphatic hydroxyl groups is 3. The standard InChI is InChI=1S/C30H36O8/c1-14(2)21-24(33)19(15(3)31)26(35)30(37)27(36)22-25(34)20-17(12-28(22,4)13-29(21,30)5)6-7-18(23(20)32)16-8-10-38-11-9-16/h6-7,14,16,21,32-33,36-37H,8-13H2,1-5H3/t21?,28-,29-,30+/m1/s1. The Morgan fingerprint density at radius 1 is 1.08 bits per heavy atom. The van der Waals surface area contributed by atoms with Gasteiger partial charge in [-0.1, -0.05) is 39.8 Å². The Morgan fingerprint density at radius 3 is 2.29 bits per heavy atom. The molecule has 1 aliphatic heterocycles. The van der Waals surface area contributed by atoms with Gasteiger partial charge in [-0.3, -0.25) is 14.4 Å². The van der Waals surface area contributed by atoms with Crippen molar-refractivity contribution in [2.75, 3.05) is 13.2 Å². The number of hydrogen-bond donors (Lipinski definition) is 4. The number of benzene rings is 1. The van der Waals surface area contributed by atoms with Crippen LogP contribution in [0.15, 0.2) is 34.8 Å². The lowest BCUT2D eigenvalue weighted by Gasteiger charge is -2.59. The monoisotopic (exact) mass is 524 g/mol. The Balaban J connectivity index is 1.74. The number of carbonyl (C=O) groups excluding carboxylic acids is 3. The molecule has 1 aromatic rings. The van der Waals surface area contributed by atoms with Crippen molar-refractivity contribution in [1.82, 2.24) is 0 Å². The Labute approximate surface area is 222 Å². The molecule has 5 rings (SSSR count). The van der Waals surface area contributed by atoms with E-state index < -0.39 is 51.0 Å². The van der Waals surface area contributed by atoms with E-state index in [9.17, 15) is 34.8 Å². The van der Waals surface area contributed by atoms with E-state index in [1.54, 1.807) is 13.8 Å². The van der Waals surface area contributed by atoms with Gasteiger partial charge in [-0.05, 0) is 55.6 Å². The fourth-order valence-corrected chi connectivity index (χ4v) is 8.08. The van der Waals surface area contributed by atoms with Crippen molar-refractivity contribution in [3.8, 4) is 5.75 Å². The van der Waals surface area contributed by atoms with Gasteiger partial charge < -0.3 is 25.2 Å². The molecule has 1 fully saturated rings. The molecule has 204 valence electrons. The lowest BCUT2D eigenvalue weighted by Crippen LogP contribution is -2.67. The summed E-state index contributed by atoms with van der Waals surface area (Å²) in [5, 5.41) is 46.3. The van der Waals surface area contributed by atoms with Crippen molar-refractivity contribution in [2.24, 2.45) is 22.7 Å². The summed E-state index contributed by atoms with van der Waals surface area (Å²) in [5.41, 5.74) is -4.32. The van der Waals surface area contributed by atoms with Gasteiger partial charge in [0.15, 0.2) is 17.2 Å². The third kappa shape index (κ3) is 3.26. The lowest BCUT2D eigenvalue weighted by molar-refractivity contribution is -0.171. The molecule has 4 atom stereocenters. The van der Waals surface area contributed by atoms with Gasteiger partial charge in [0.2, 0.25) is 5.78 Å². The first kappa shape index (κ1) is 26.6. The van der Waals surface area contributed by atoms with E-state index in [-0.39, 0.29) is 47.3 Å². The fourth-order valence-electron chi connectivity index (χ4n) is 8.08. The van der Waals surface area contributed by atoms with Gasteiger partial charge in [0.1, 0.15) is 22.8 Å². The number of ketones is 3. The average molecular weight is 525 g/mol. The van der Waals surface area contributed by atoms with Crippen LogP contribution in [0.5, 0.6) is 5.75 Å². The number of phenolic OH excluding ortho intramolecular Hbond substituents is 1. The zero-order chi connectivity index (χ0) is 27.9. The second-order valence-corrected chi connectivity index (χ2v) is 12.4. The number of aromatic hydroxyl groups is 1. The van der Waals surface area contributed by atoms with Gasteiger partial charge in [0.25, 0.3) is 0 Å². The number of ether oxygens (including phenoxy) is 1. The first-order chi connectivity index (χ1) is 17.7. The van der Waals surface area contributed by atoms with Crippen LogP contribution in [0.1, 0.15) is 81.3 Å². The summed E-state index contributed by atoms with van der Waals surface area (Å²) in [4.78, 5) is 40.3. The molecule has 1 unspecified atom stereocenters. The summed E-state index contributed by atoms with van der Waals surface area (Å²) >= 11 is 0. The molecule has 38 heavy (non-hydrogen) atoms. The van der Waals surface area contributed by atoms with Crippen LogP contribution >= 0.6 is 0 Å². The molecule has 8 nitrogen and oxygen atoms in total. The predicted octanol–water partition coefficient (Wildman–Crippen LogP) is 4.24. The number of hydrogen-bond acceptors (Lipinski definition) is 8. The highest BCUT2D eigenvalue weighted by atomic mass is 16.5. The van der Waals surface area contributed by atoms with Crippen LogP contribution in [-0.4, -0.2) is 56.6 Å². The predicted molar refractivity (Wildman–Crippen MR) is 138 cm³/mol. The second kappa shape index (κ2) is 8.52. The van der Waals surface area contributed by atoms with Gasteiger partial charge in [0.05, 0.1) is 5.56 Å². The molecule has 0 amide bonds. The molecular weight excluding hydrogens is 488 g/mol. The maximum Gasteiger partial charge on any atom is 0.209 e. The number of allylic oxidation sites excluding steroid dienone is 2. The van der Waals surface area contributed by atoms with Crippen molar-refractivity contribution in [3.05, 3.63) is 51.5 Å². The van der Waals surface area contributed by atoms with E-state index in [1.165, 1.54) is 0 Å². The fraction of sp³-hybridized carbons (Fsp3) is 0.567. The van der Waals surface area contributed by atoms with Gasteiger partial charge >= 0.3 is 0 Å². The van der Waals surface area contributed by atoms with Crippen molar-refractivity contribution in [1.29, 1.82) is 0 Å². The first-order valence-electron chi connectivity index (χ1n) is 13.3. The van der Waals surface area contributed by atoms with E-state index >= 15 is 0 Å². The Hall–Kier alpha value is -2.97. The lowest BCUT2D eigenvalue weighted by atomic mass is 9.44. The maximum atomic E-state index is 14.1. The van der Waals surface area contributed by atoms with Crippen LogP contribution in [0.3, 0.4) is 0 Å². The van der Waals surface area contributed by atoms with Gasteiger partial charge in [0, 0.05) is 35.5 Å². The van der Waals surface area contributed by atoms with Crippen molar-refractivity contribution < 1.29 is 39.5 Å². The molecule has 4 N–H and O–H groups in total. The van der Waals surface area contributed by atoms with Crippen LogP contribution in [-0.2, 0) is 20.7 Å². The van der Waals surface area contributed by atoms with E-state index in [0.29, 0.717) is 37.2 Å². The summed E-state index contributed by atoms with van der Waals surface area (Å²) in [6.07, 6.45) is 1.79. The van der Waals surface area contributed by atoms with Crippen LogP contribution in [0.25, 0.3) is 0 Å². The second-order valence-electron chi connectivity index (χ2n) is 12.4. The quantitative estimate of drug-likeness (QED) is 0.430.